The summed E-state index contributed by atoms with van der Waals surface area (Å²) < 4.78 is 0. The van der Waals surface area contributed by atoms with E-state index in [1.54, 1.807) is 0 Å². The predicted octanol–water partition coefficient (Wildman–Crippen LogP) is 2.86. The first-order valence-corrected chi connectivity index (χ1v) is 8.62. The highest BCUT2D eigenvalue weighted by atomic mass is 15.1. The van der Waals surface area contributed by atoms with Crippen LogP contribution in [0, 0.1) is 5.92 Å². The molecule has 1 aliphatic rings. The van der Waals surface area contributed by atoms with E-state index in [1.807, 2.05) is 0 Å². The van der Waals surface area contributed by atoms with E-state index >= 15 is 0 Å². The molecule has 0 aromatic heterocycles. The van der Waals surface area contributed by atoms with Crippen LogP contribution in [0.5, 0.6) is 0 Å². The van der Waals surface area contributed by atoms with Gasteiger partial charge in [-0.1, -0.05) is 26.7 Å². The standard InChI is InChI=1S/C17H37N3/c1-14(2)11-17(20(4)5)13-19-15(3)12-16-9-7-6-8-10-18-16/h14-19H,6-13H2,1-5H3. The van der Waals surface area contributed by atoms with E-state index < -0.39 is 0 Å². The molecule has 1 aliphatic heterocycles. The van der Waals surface area contributed by atoms with Gasteiger partial charge in [-0.15, -0.1) is 0 Å². The minimum Gasteiger partial charge on any atom is -0.314 e. The van der Waals surface area contributed by atoms with Crippen molar-refractivity contribution in [2.75, 3.05) is 27.2 Å². The third kappa shape index (κ3) is 7.61. The summed E-state index contributed by atoms with van der Waals surface area (Å²) in [7, 11) is 4.40. The maximum absolute atomic E-state index is 3.76. The molecule has 3 heteroatoms. The molecular weight excluding hydrogens is 246 g/mol. The minimum absolute atomic E-state index is 0.611. The van der Waals surface area contributed by atoms with Crippen molar-refractivity contribution in [3.05, 3.63) is 0 Å². The predicted molar refractivity (Wildman–Crippen MR) is 89.3 cm³/mol. The molecule has 2 N–H and O–H groups in total. The number of rotatable bonds is 8. The first kappa shape index (κ1) is 17.9. The molecule has 20 heavy (non-hydrogen) atoms. The highest BCUT2D eigenvalue weighted by Gasteiger charge is 2.17. The van der Waals surface area contributed by atoms with Crippen molar-refractivity contribution < 1.29 is 0 Å². The second-order valence-corrected chi connectivity index (χ2v) is 7.29. The molecule has 120 valence electrons. The fraction of sp³-hybridized carbons (Fsp3) is 1.00. The van der Waals surface area contributed by atoms with E-state index in [2.05, 4.69) is 50.4 Å². The fourth-order valence-electron chi connectivity index (χ4n) is 3.17. The van der Waals surface area contributed by atoms with Crippen LogP contribution >= 0.6 is 0 Å². The van der Waals surface area contributed by atoms with Crippen LogP contribution < -0.4 is 10.6 Å². The molecule has 0 aromatic rings. The third-order valence-electron chi connectivity index (χ3n) is 4.48. The number of nitrogens with one attached hydrogen (secondary N) is 2. The molecule has 0 aliphatic carbocycles. The van der Waals surface area contributed by atoms with Crippen molar-refractivity contribution >= 4 is 0 Å². The van der Waals surface area contributed by atoms with Crippen LogP contribution in [0.1, 0.15) is 59.3 Å². The summed E-state index contributed by atoms with van der Waals surface area (Å²) in [5.41, 5.74) is 0. The first-order chi connectivity index (χ1) is 9.49. The maximum Gasteiger partial charge on any atom is 0.0217 e. The molecular formula is C17H37N3. The number of hydrogen-bond donors (Lipinski definition) is 2. The summed E-state index contributed by atoms with van der Waals surface area (Å²) in [4.78, 5) is 2.36. The third-order valence-corrected chi connectivity index (χ3v) is 4.48. The summed E-state index contributed by atoms with van der Waals surface area (Å²) in [5, 5.41) is 7.46. The van der Waals surface area contributed by atoms with E-state index in [-0.39, 0.29) is 0 Å². The van der Waals surface area contributed by atoms with E-state index in [1.165, 1.54) is 45.1 Å². The Bertz CT molecular complexity index is 232. The smallest absolute Gasteiger partial charge is 0.0217 e. The van der Waals surface area contributed by atoms with Gasteiger partial charge in [0.2, 0.25) is 0 Å². The molecule has 0 saturated carbocycles. The highest BCUT2D eigenvalue weighted by Crippen LogP contribution is 2.13. The Balaban J connectivity index is 2.27. The molecule has 3 unspecified atom stereocenters. The Hall–Kier alpha value is -0.120. The second-order valence-electron chi connectivity index (χ2n) is 7.29. The second kappa shape index (κ2) is 9.75. The fourth-order valence-corrected chi connectivity index (χ4v) is 3.17. The number of likely N-dealkylation sites (N-methyl/N-ethyl adjacent to an activating group) is 1. The Morgan fingerprint density at radius 3 is 2.55 bits per heavy atom. The van der Waals surface area contributed by atoms with Crippen LogP contribution in [-0.4, -0.2) is 50.2 Å². The molecule has 3 nitrogen and oxygen atoms in total. The highest BCUT2D eigenvalue weighted by molar-refractivity contribution is 4.78. The molecule has 1 rings (SSSR count). The van der Waals surface area contributed by atoms with Crippen molar-refractivity contribution in [2.45, 2.75) is 77.4 Å². The van der Waals surface area contributed by atoms with Crippen molar-refractivity contribution in [2.24, 2.45) is 5.92 Å². The van der Waals surface area contributed by atoms with E-state index in [0.717, 1.165) is 18.5 Å². The lowest BCUT2D eigenvalue weighted by atomic mass is 10.0. The summed E-state index contributed by atoms with van der Waals surface area (Å²) in [6, 6.07) is 1.99. The van der Waals surface area contributed by atoms with Crippen LogP contribution in [0.25, 0.3) is 0 Å². The van der Waals surface area contributed by atoms with Gasteiger partial charge in [0.1, 0.15) is 0 Å². The zero-order valence-corrected chi connectivity index (χ0v) is 14.4. The zero-order chi connectivity index (χ0) is 15.0. The number of hydrogen-bond acceptors (Lipinski definition) is 3. The summed E-state index contributed by atoms with van der Waals surface area (Å²) in [6.45, 7) is 9.30. The Labute approximate surface area is 126 Å². The average Bonchev–Trinajstić information content (AvgIpc) is 2.62. The molecule has 0 spiro atoms. The molecule has 1 heterocycles. The van der Waals surface area contributed by atoms with Crippen molar-refractivity contribution in [3.8, 4) is 0 Å². The average molecular weight is 284 g/mol. The maximum atomic E-state index is 3.76. The molecule has 0 radical (unpaired) electrons. The molecule has 3 atom stereocenters. The summed E-state index contributed by atoms with van der Waals surface area (Å²) in [5.74, 6) is 0.767. The minimum atomic E-state index is 0.611. The Morgan fingerprint density at radius 1 is 1.15 bits per heavy atom. The van der Waals surface area contributed by atoms with Crippen LogP contribution in [-0.2, 0) is 0 Å². The topological polar surface area (TPSA) is 27.3 Å². The molecule has 1 saturated heterocycles. The zero-order valence-electron chi connectivity index (χ0n) is 14.4. The van der Waals surface area contributed by atoms with Gasteiger partial charge in [-0.05, 0) is 59.2 Å². The van der Waals surface area contributed by atoms with Crippen molar-refractivity contribution in [1.29, 1.82) is 0 Å². The van der Waals surface area contributed by atoms with Gasteiger partial charge in [-0.3, -0.25) is 0 Å². The first-order valence-electron chi connectivity index (χ1n) is 8.62. The molecule has 0 amide bonds. The van der Waals surface area contributed by atoms with Gasteiger partial charge in [0.05, 0.1) is 0 Å². The van der Waals surface area contributed by atoms with Crippen LogP contribution in [0.3, 0.4) is 0 Å². The largest absolute Gasteiger partial charge is 0.314 e. The van der Waals surface area contributed by atoms with Gasteiger partial charge < -0.3 is 15.5 Å². The molecule has 0 aromatic carbocycles. The Morgan fingerprint density at radius 2 is 1.90 bits per heavy atom. The van der Waals surface area contributed by atoms with Crippen LogP contribution in [0.15, 0.2) is 0 Å². The lowest BCUT2D eigenvalue weighted by Gasteiger charge is -2.29. The van der Waals surface area contributed by atoms with Gasteiger partial charge in [-0.2, -0.15) is 0 Å². The van der Waals surface area contributed by atoms with Gasteiger partial charge in [0.25, 0.3) is 0 Å². The van der Waals surface area contributed by atoms with Crippen molar-refractivity contribution in [1.82, 2.24) is 15.5 Å². The van der Waals surface area contributed by atoms with Crippen LogP contribution in [0.2, 0.25) is 0 Å². The van der Waals surface area contributed by atoms with E-state index in [9.17, 15) is 0 Å². The normalized spacial score (nSPS) is 23.9. The van der Waals surface area contributed by atoms with Gasteiger partial charge in [-0.25, -0.2) is 0 Å². The quantitative estimate of drug-likeness (QED) is 0.717. The monoisotopic (exact) mass is 283 g/mol. The summed E-state index contributed by atoms with van der Waals surface area (Å²) >= 11 is 0. The lowest BCUT2D eigenvalue weighted by molar-refractivity contribution is 0.238. The van der Waals surface area contributed by atoms with Gasteiger partial charge >= 0.3 is 0 Å². The van der Waals surface area contributed by atoms with E-state index in [4.69, 9.17) is 0 Å². The lowest BCUT2D eigenvalue weighted by Crippen LogP contribution is -2.44. The van der Waals surface area contributed by atoms with Gasteiger partial charge in [0, 0.05) is 24.7 Å². The van der Waals surface area contributed by atoms with Crippen LogP contribution in [0.4, 0.5) is 0 Å². The SMILES string of the molecule is CC(C)CC(CNC(C)CC1CCCCCN1)N(C)C. The molecule has 0 bridgehead atoms. The molecule has 1 fully saturated rings. The van der Waals surface area contributed by atoms with Gasteiger partial charge in [0.15, 0.2) is 0 Å². The van der Waals surface area contributed by atoms with E-state index in [0.29, 0.717) is 12.1 Å². The summed E-state index contributed by atoms with van der Waals surface area (Å²) in [6.07, 6.45) is 8.06. The van der Waals surface area contributed by atoms with Crippen molar-refractivity contribution in [3.63, 3.8) is 0 Å². The number of nitrogens with zero attached hydrogens (tertiary/aromatic N) is 1. The Kier molecular flexibility index (Phi) is 8.74.